The molecule has 4 nitrogen and oxygen atoms in total. The minimum Gasteiger partial charge on any atom is -0.481 e. The van der Waals surface area contributed by atoms with Crippen molar-refractivity contribution in [3.05, 3.63) is 64.1 Å². The van der Waals surface area contributed by atoms with Gasteiger partial charge in [0.1, 0.15) is 0 Å². The topological polar surface area (TPSA) is 57.6 Å². The van der Waals surface area contributed by atoms with Gasteiger partial charge >= 0.3 is 5.97 Å². The molecular weight excluding hydrogens is 382 g/mol. The fourth-order valence-electron chi connectivity index (χ4n) is 2.74. The predicted molar refractivity (Wildman–Crippen MR) is 103 cm³/mol. The van der Waals surface area contributed by atoms with Gasteiger partial charge in [-0.3, -0.25) is 9.59 Å². The van der Waals surface area contributed by atoms with Gasteiger partial charge in [0, 0.05) is 22.6 Å². The van der Waals surface area contributed by atoms with Crippen molar-refractivity contribution in [1.82, 2.24) is 0 Å². The van der Waals surface area contributed by atoms with Crippen molar-refractivity contribution < 1.29 is 14.7 Å². The Balaban J connectivity index is 2.10. The number of anilines is 1. The van der Waals surface area contributed by atoms with Crippen molar-refractivity contribution in [3.8, 4) is 0 Å². The number of carbonyl (C=O) groups is 2. The molecule has 132 valence electrons. The van der Waals surface area contributed by atoms with Crippen molar-refractivity contribution in [2.75, 3.05) is 4.90 Å². The molecule has 0 aliphatic carbocycles. The Bertz CT molecular complexity index is 741. The van der Waals surface area contributed by atoms with Crippen LogP contribution in [-0.4, -0.2) is 23.0 Å². The molecule has 0 saturated carbocycles. The summed E-state index contributed by atoms with van der Waals surface area (Å²) < 4.78 is 1.01. The summed E-state index contributed by atoms with van der Waals surface area (Å²) in [6.07, 6.45) is 1.07. The molecule has 0 fully saturated rings. The first-order valence-corrected chi connectivity index (χ1v) is 9.04. The highest BCUT2D eigenvalue weighted by molar-refractivity contribution is 9.10. The molecule has 0 unspecified atom stereocenters. The Hall–Kier alpha value is -2.14. The predicted octanol–water partition coefficient (Wildman–Crippen LogP) is 4.45. The van der Waals surface area contributed by atoms with E-state index in [1.165, 1.54) is 0 Å². The highest BCUT2D eigenvalue weighted by atomic mass is 79.9. The van der Waals surface area contributed by atoms with E-state index in [9.17, 15) is 9.59 Å². The van der Waals surface area contributed by atoms with E-state index in [0.717, 1.165) is 21.3 Å². The monoisotopic (exact) mass is 403 g/mol. The number of hydrogen-bond acceptors (Lipinski definition) is 2. The third-order valence-electron chi connectivity index (χ3n) is 3.92. The number of benzene rings is 2. The molecule has 25 heavy (non-hydrogen) atoms. The van der Waals surface area contributed by atoms with Gasteiger partial charge in [0.15, 0.2) is 0 Å². The Morgan fingerprint density at radius 2 is 1.72 bits per heavy atom. The van der Waals surface area contributed by atoms with Gasteiger partial charge in [-0.05, 0) is 49.6 Å². The normalized spacial score (nSPS) is 10.7. The molecule has 0 bridgehead atoms. The Morgan fingerprint density at radius 1 is 1.08 bits per heavy atom. The average Bonchev–Trinajstić information content (AvgIpc) is 2.55. The Kier molecular flexibility index (Phi) is 6.76. The lowest BCUT2D eigenvalue weighted by atomic mass is 10.1. The first-order chi connectivity index (χ1) is 11.9. The zero-order valence-corrected chi connectivity index (χ0v) is 16.0. The molecule has 0 radical (unpaired) electrons. The van der Waals surface area contributed by atoms with Crippen molar-refractivity contribution in [2.45, 2.75) is 39.2 Å². The SMILES string of the molecule is CC(C)N(C(=O)CCc1ccccc1Br)c1ccc(CC(=O)O)cc1. The molecule has 1 N–H and O–H groups in total. The lowest BCUT2D eigenvalue weighted by molar-refractivity contribution is -0.136. The fraction of sp³-hybridized carbons (Fsp3) is 0.300. The average molecular weight is 404 g/mol. The maximum atomic E-state index is 12.7. The van der Waals surface area contributed by atoms with Gasteiger partial charge in [0.05, 0.1) is 6.42 Å². The lowest BCUT2D eigenvalue weighted by Gasteiger charge is -2.27. The summed E-state index contributed by atoms with van der Waals surface area (Å²) >= 11 is 3.51. The second-order valence-electron chi connectivity index (χ2n) is 6.19. The molecule has 0 spiro atoms. The zero-order chi connectivity index (χ0) is 18.4. The van der Waals surface area contributed by atoms with Crippen LogP contribution in [0.25, 0.3) is 0 Å². The van der Waals surface area contributed by atoms with E-state index >= 15 is 0 Å². The standard InChI is InChI=1S/C20H22BrNO3/c1-14(2)22(17-10-7-15(8-11-17)13-20(24)25)19(23)12-9-16-5-3-4-6-18(16)21/h3-8,10-11,14H,9,12-13H2,1-2H3,(H,24,25). The van der Waals surface area contributed by atoms with Crippen molar-refractivity contribution >= 4 is 33.5 Å². The molecule has 2 rings (SSSR count). The van der Waals surface area contributed by atoms with Crippen LogP contribution in [0, 0.1) is 0 Å². The van der Waals surface area contributed by atoms with Gasteiger partial charge in [0.25, 0.3) is 0 Å². The number of nitrogens with zero attached hydrogens (tertiary/aromatic N) is 1. The van der Waals surface area contributed by atoms with Gasteiger partial charge in [-0.2, -0.15) is 0 Å². The number of aliphatic carboxylic acids is 1. The van der Waals surface area contributed by atoms with Crippen LogP contribution in [0.4, 0.5) is 5.69 Å². The molecule has 1 amide bonds. The summed E-state index contributed by atoms with van der Waals surface area (Å²) in [5.74, 6) is -0.810. The molecule has 0 atom stereocenters. The molecule has 0 heterocycles. The van der Waals surface area contributed by atoms with Crippen LogP contribution in [0.3, 0.4) is 0 Å². The van der Waals surface area contributed by atoms with E-state index in [4.69, 9.17) is 5.11 Å². The molecule has 0 aliphatic heterocycles. The number of aryl methyl sites for hydroxylation is 1. The van der Waals surface area contributed by atoms with Gasteiger partial charge in [-0.15, -0.1) is 0 Å². The second kappa shape index (κ2) is 8.81. The number of hydrogen-bond donors (Lipinski definition) is 1. The van der Waals surface area contributed by atoms with Crippen LogP contribution in [0.1, 0.15) is 31.4 Å². The maximum Gasteiger partial charge on any atom is 0.307 e. The number of rotatable bonds is 7. The van der Waals surface area contributed by atoms with Crippen molar-refractivity contribution in [2.24, 2.45) is 0 Å². The number of carboxylic acid groups (broad SMARTS) is 1. The molecular formula is C20H22BrNO3. The third-order valence-corrected chi connectivity index (χ3v) is 4.69. The van der Waals surface area contributed by atoms with Crippen molar-refractivity contribution in [1.29, 1.82) is 0 Å². The smallest absolute Gasteiger partial charge is 0.307 e. The van der Waals surface area contributed by atoms with Crippen LogP contribution in [-0.2, 0) is 22.4 Å². The quantitative estimate of drug-likeness (QED) is 0.742. The zero-order valence-electron chi connectivity index (χ0n) is 14.4. The third kappa shape index (κ3) is 5.43. The Labute approximate surface area is 156 Å². The number of halogens is 1. The van der Waals surface area contributed by atoms with E-state index in [1.807, 2.05) is 50.2 Å². The first-order valence-electron chi connectivity index (χ1n) is 8.24. The number of carbonyl (C=O) groups excluding carboxylic acids is 1. The van der Waals surface area contributed by atoms with Gasteiger partial charge in [0.2, 0.25) is 5.91 Å². The van der Waals surface area contributed by atoms with Crippen LogP contribution in [0.5, 0.6) is 0 Å². The summed E-state index contributed by atoms with van der Waals surface area (Å²) in [6, 6.07) is 15.1. The van der Waals surface area contributed by atoms with Gasteiger partial charge in [-0.1, -0.05) is 46.3 Å². The van der Waals surface area contributed by atoms with Gasteiger partial charge in [-0.25, -0.2) is 0 Å². The lowest BCUT2D eigenvalue weighted by Crippen LogP contribution is -2.37. The number of carboxylic acids is 1. The summed E-state index contributed by atoms with van der Waals surface area (Å²) in [6.45, 7) is 3.95. The first kappa shape index (κ1) is 19.2. The summed E-state index contributed by atoms with van der Waals surface area (Å²) in [5.41, 5.74) is 2.62. The molecule has 2 aromatic rings. The second-order valence-corrected chi connectivity index (χ2v) is 7.04. The highest BCUT2D eigenvalue weighted by Crippen LogP contribution is 2.22. The van der Waals surface area contributed by atoms with Gasteiger partial charge < -0.3 is 10.0 Å². The minimum atomic E-state index is -0.863. The largest absolute Gasteiger partial charge is 0.481 e. The Morgan fingerprint density at radius 3 is 2.28 bits per heavy atom. The van der Waals surface area contributed by atoms with E-state index in [1.54, 1.807) is 17.0 Å². The molecule has 0 aliphatic rings. The molecule has 5 heteroatoms. The van der Waals surface area contributed by atoms with E-state index < -0.39 is 5.97 Å². The van der Waals surface area contributed by atoms with E-state index in [-0.39, 0.29) is 18.4 Å². The fourth-order valence-corrected chi connectivity index (χ4v) is 3.23. The van der Waals surface area contributed by atoms with Crippen LogP contribution >= 0.6 is 15.9 Å². The molecule has 2 aromatic carbocycles. The summed E-state index contributed by atoms with van der Waals surface area (Å²) in [5, 5.41) is 8.85. The highest BCUT2D eigenvalue weighted by Gasteiger charge is 2.19. The maximum absolute atomic E-state index is 12.7. The van der Waals surface area contributed by atoms with E-state index in [0.29, 0.717) is 12.8 Å². The summed E-state index contributed by atoms with van der Waals surface area (Å²) in [4.78, 5) is 25.3. The molecule has 0 saturated heterocycles. The summed E-state index contributed by atoms with van der Waals surface area (Å²) in [7, 11) is 0. The van der Waals surface area contributed by atoms with Crippen LogP contribution in [0.15, 0.2) is 53.0 Å². The van der Waals surface area contributed by atoms with Crippen molar-refractivity contribution in [3.63, 3.8) is 0 Å². The van der Waals surface area contributed by atoms with E-state index in [2.05, 4.69) is 15.9 Å². The van der Waals surface area contributed by atoms with Crippen LogP contribution in [0.2, 0.25) is 0 Å². The minimum absolute atomic E-state index is 0.0159. The molecule has 0 aromatic heterocycles. The van der Waals surface area contributed by atoms with Crippen LogP contribution < -0.4 is 4.90 Å². The number of amides is 1.